The number of nitrogens with zero attached hydrogens (tertiary/aromatic N) is 1. The molecule has 3 heteroatoms. The summed E-state index contributed by atoms with van der Waals surface area (Å²) in [5.41, 5.74) is -0.708. The molecule has 0 spiro atoms. The molecule has 0 aromatic rings. The van der Waals surface area contributed by atoms with E-state index in [0.717, 1.165) is 0 Å². The summed E-state index contributed by atoms with van der Waals surface area (Å²) in [7, 11) is 0. The van der Waals surface area contributed by atoms with Crippen molar-refractivity contribution in [2.75, 3.05) is 6.61 Å². The zero-order valence-electron chi connectivity index (χ0n) is 5.92. The summed E-state index contributed by atoms with van der Waals surface area (Å²) in [5, 5.41) is 11.6. The molecule has 0 amide bonds. The van der Waals surface area contributed by atoms with Crippen LogP contribution in [0.25, 0.3) is 0 Å². The predicted molar refractivity (Wildman–Crippen MR) is 36.2 cm³/mol. The lowest BCUT2D eigenvalue weighted by Gasteiger charge is -2.18. The van der Waals surface area contributed by atoms with Gasteiger partial charge in [-0.1, -0.05) is 19.0 Å². The summed E-state index contributed by atoms with van der Waals surface area (Å²) in [6, 6.07) is 0. The number of rotatable bonds is 4. The normalized spacial score (nSPS) is 11.4. The van der Waals surface area contributed by atoms with Gasteiger partial charge in [-0.25, -0.2) is 0 Å². The highest BCUT2D eigenvalue weighted by Crippen LogP contribution is 2.18. The maximum absolute atomic E-state index is 10.1. The molecule has 1 N–H and O–H groups in total. The topological polar surface area (TPSA) is 49.7 Å². The first-order valence-electron chi connectivity index (χ1n) is 3.20. The molecule has 0 aliphatic heterocycles. The van der Waals surface area contributed by atoms with Crippen LogP contribution >= 0.6 is 0 Å². The molecule has 0 unspecified atom stereocenters. The second-order valence-corrected chi connectivity index (χ2v) is 2.18. The van der Waals surface area contributed by atoms with E-state index in [1.54, 1.807) is 0 Å². The van der Waals surface area contributed by atoms with Crippen LogP contribution in [0.5, 0.6) is 0 Å². The van der Waals surface area contributed by atoms with Crippen LogP contribution in [0.15, 0.2) is 5.18 Å². The summed E-state index contributed by atoms with van der Waals surface area (Å²) >= 11 is 0. The number of aliphatic hydroxyl groups is 1. The predicted octanol–water partition coefficient (Wildman–Crippen LogP) is 1.30. The molecule has 0 radical (unpaired) electrons. The van der Waals surface area contributed by atoms with E-state index in [9.17, 15) is 4.91 Å². The van der Waals surface area contributed by atoms with Crippen molar-refractivity contribution in [3.63, 3.8) is 0 Å². The maximum atomic E-state index is 10.1. The molecule has 0 aromatic heterocycles. The molecule has 0 heterocycles. The van der Waals surface area contributed by atoms with E-state index in [0.29, 0.717) is 12.8 Å². The molecule has 0 saturated carbocycles. The second kappa shape index (κ2) is 3.56. The lowest BCUT2D eigenvalue weighted by Crippen LogP contribution is -2.28. The van der Waals surface area contributed by atoms with Crippen LogP contribution in [0, 0.1) is 4.91 Å². The molecule has 0 atom stereocenters. The van der Waals surface area contributed by atoms with E-state index in [1.165, 1.54) is 0 Å². The third kappa shape index (κ3) is 1.75. The first-order chi connectivity index (χ1) is 4.24. The van der Waals surface area contributed by atoms with Crippen LogP contribution in [-0.2, 0) is 0 Å². The molecule has 0 aromatic carbocycles. The van der Waals surface area contributed by atoms with Gasteiger partial charge in [-0.15, -0.1) is 0 Å². The Morgan fingerprint density at radius 2 is 1.89 bits per heavy atom. The summed E-state index contributed by atoms with van der Waals surface area (Å²) in [6.45, 7) is 3.56. The van der Waals surface area contributed by atoms with Gasteiger partial charge < -0.3 is 5.11 Å². The van der Waals surface area contributed by atoms with Crippen LogP contribution in [0.4, 0.5) is 0 Å². The van der Waals surface area contributed by atoms with Crippen molar-refractivity contribution in [3.05, 3.63) is 4.91 Å². The van der Waals surface area contributed by atoms with E-state index >= 15 is 0 Å². The van der Waals surface area contributed by atoms with Crippen molar-refractivity contribution < 1.29 is 5.11 Å². The van der Waals surface area contributed by atoms with Crippen LogP contribution in [-0.4, -0.2) is 17.3 Å². The lowest BCUT2D eigenvalue weighted by atomic mass is 9.96. The average Bonchev–Trinajstić information content (AvgIpc) is 1.95. The van der Waals surface area contributed by atoms with E-state index < -0.39 is 5.54 Å². The van der Waals surface area contributed by atoms with Crippen LogP contribution in [0.1, 0.15) is 26.7 Å². The molecule has 0 rings (SSSR count). The Balaban J connectivity index is 3.98. The van der Waals surface area contributed by atoms with Crippen LogP contribution < -0.4 is 0 Å². The molecule has 0 saturated heterocycles. The average molecular weight is 131 g/mol. The van der Waals surface area contributed by atoms with Gasteiger partial charge in [0.05, 0.1) is 6.61 Å². The van der Waals surface area contributed by atoms with Crippen molar-refractivity contribution in [3.8, 4) is 0 Å². The van der Waals surface area contributed by atoms with Crippen molar-refractivity contribution in [2.24, 2.45) is 5.18 Å². The van der Waals surface area contributed by atoms with Crippen molar-refractivity contribution in [2.45, 2.75) is 32.2 Å². The fraction of sp³-hybridized carbons (Fsp3) is 1.00. The lowest BCUT2D eigenvalue weighted by molar-refractivity contribution is 0.187. The standard InChI is InChI=1S/C6H13NO2/c1-3-6(4-2,5-8)7-9/h8H,3-5H2,1-2H3. The van der Waals surface area contributed by atoms with Crippen LogP contribution in [0.3, 0.4) is 0 Å². The zero-order valence-corrected chi connectivity index (χ0v) is 5.92. The van der Waals surface area contributed by atoms with Gasteiger partial charge in [-0.05, 0) is 12.8 Å². The molecule has 9 heavy (non-hydrogen) atoms. The summed E-state index contributed by atoms with van der Waals surface area (Å²) in [6.07, 6.45) is 1.23. The number of nitroso groups, excluding NO2 is 1. The van der Waals surface area contributed by atoms with E-state index in [-0.39, 0.29) is 6.61 Å². The molecule has 0 aliphatic rings. The highest BCUT2D eigenvalue weighted by Gasteiger charge is 2.25. The van der Waals surface area contributed by atoms with Gasteiger partial charge in [0.2, 0.25) is 0 Å². The Bertz CT molecular complexity index is 80.8. The molecule has 54 valence electrons. The van der Waals surface area contributed by atoms with Crippen molar-refractivity contribution in [1.29, 1.82) is 0 Å². The fourth-order valence-electron chi connectivity index (χ4n) is 0.632. The molecule has 0 aliphatic carbocycles. The minimum atomic E-state index is -0.708. The third-order valence-electron chi connectivity index (χ3n) is 1.80. The van der Waals surface area contributed by atoms with E-state index in [1.807, 2.05) is 13.8 Å². The largest absolute Gasteiger partial charge is 0.394 e. The van der Waals surface area contributed by atoms with Gasteiger partial charge in [0.15, 0.2) is 0 Å². The van der Waals surface area contributed by atoms with Gasteiger partial charge in [0, 0.05) is 0 Å². The van der Waals surface area contributed by atoms with Gasteiger partial charge in [0.25, 0.3) is 0 Å². The fourth-order valence-corrected chi connectivity index (χ4v) is 0.632. The smallest absolute Gasteiger partial charge is 0.125 e. The Labute approximate surface area is 55.1 Å². The SMILES string of the molecule is CCC(CC)(CO)N=O. The number of aliphatic hydroxyl groups excluding tert-OH is 1. The van der Waals surface area contributed by atoms with Gasteiger partial charge in [-0.2, -0.15) is 4.91 Å². The summed E-state index contributed by atoms with van der Waals surface area (Å²) in [4.78, 5) is 10.1. The first kappa shape index (κ1) is 8.56. The summed E-state index contributed by atoms with van der Waals surface area (Å²) in [5.74, 6) is 0. The van der Waals surface area contributed by atoms with E-state index in [2.05, 4.69) is 5.18 Å². The molecule has 0 fully saturated rings. The Kier molecular flexibility index (Phi) is 3.39. The Morgan fingerprint density at radius 3 is 1.89 bits per heavy atom. The van der Waals surface area contributed by atoms with Gasteiger partial charge in [-0.3, -0.25) is 0 Å². The van der Waals surface area contributed by atoms with Crippen molar-refractivity contribution in [1.82, 2.24) is 0 Å². The zero-order chi connectivity index (χ0) is 7.33. The highest BCUT2D eigenvalue weighted by atomic mass is 16.3. The molecular weight excluding hydrogens is 118 g/mol. The van der Waals surface area contributed by atoms with E-state index in [4.69, 9.17) is 5.11 Å². The molecule has 3 nitrogen and oxygen atoms in total. The second-order valence-electron chi connectivity index (χ2n) is 2.18. The number of hydrogen-bond donors (Lipinski definition) is 1. The minimum Gasteiger partial charge on any atom is -0.394 e. The van der Waals surface area contributed by atoms with Gasteiger partial charge >= 0.3 is 0 Å². The Hall–Kier alpha value is -0.440. The van der Waals surface area contributed by atoms with Crippen LogP contribution in [0.2, 0.25) is 0 Å². The van der Waals surface area contributed by atoms with Gasteiger partial charge in [0.1, 0.15) is 5.54 Å². The molecule has 0 bridgehead atoms. The third-order valence-corrected chi connectivity index (χ3v) is 1.80. The maximum Gasteiger partial charge on any atom is 0.125 e. The Morgan fingerprint density at radius 1 is 1.44 bits per heavy atom. The monoisotopic (exact) mass is 131 g/mol. The summed E-state index contributed by atoms with van der Waals surface area (Å²) < 4.78 is 0. The van der Waals surface area contributed by atoms with Crippen molar-refractivity contribution >= 4 is 0 Å². The quantitative estimate of drug-likeness (QED) is 0.584. The first-order valence-corrected chi connectivity index (χ1v) is 3.20. The number of hydrogen-bond acceptors (Lipinski definition) is 3. The minimum absolute atomic E-state index is 0.135. The molecular formula is C6H13NO2. The highest BCUT2D eigenvalue weighted by molar-refractivity contribution is 4.83.